The van der Waals surface area contributed by atoms with Gasteiger partial charge >= 0.3 is 0 Å². The van der Waals surface area contributed by atoms with E-state index in [1.54, 1.807) is 18.3 Å². The van der Waals surface area contributed by atoms with Crippen LogP contribution in [-0.4, -0.2) is 11.3 Å². The maximum Gasteiger partial charge on any atom is 0.181 e. The summed E-state index contributed by atoms with van der Waals surface area (Å²) in [4.78, 5) is 20.7. The molecule has 1 N–H and O–H groups in total. The van der Waals surface area contributed by atoms with Crippen LogP contribution in [0.25, 0.3) is 10.9 Å². The zero-order valence-corrected chi connectivity index (χ0v) is 11.5. The van der Waals surface area contributed by atoms with Gasteiger partial charge in [-0.25, -0.2) is 5.48 Å². The summed E-state index contributed by atoms with van der Waals surface area (Å²) in [6, 6.07) is 15.0. The first-order chi connectivity index (χ1) is 10.3. The maximum absolute atomic E-state index is 10.7. The Balaban J connectivity index is 1.85. The lowest BCUT2D eigenvalue weighted by Crippen LogP contribution is -2.07. The SMILES string of the molecule is Cc1cc(C=O)ccc1NOc1cccc2cccnc12. The van der Waals surface area contributed by atoms with E-state index >= 15 is 0 Å². The highest BCUT2D eigenvalue weighted by atomic mass is 16.6. The molecule has 0 aliphatic rings. The van der Waals surface area contributed by atoms with Crippen LogP contribution < -0.4 is 10.3 Å². The summed E-state index contributed by atoms with van der Waals surface area (Å²) in [6.07, 6.45) is 2.56. The number of hydrogen-bond donors (Lipinski definition) is 1. The number of para-hydroxylation sites is 1. The van der Waals surface area contributed by atoms with E-state index in [1.165, 1.54) is 0 Å². The first-order valence-electron chi connectivity index (χ1n) is 6.60. The summed E-state index contributed by atoms with van der Waals surface area (Å²) in [6.45, 7) is 1.92. The number of nitrogens with zero attached hydrogens (tertiary/aromatic N) is 1. The fourth-order valence-corrected chi connectivity index (χ4v) is 2.14. The first-order valence-corrected chi connectivity index (χ1v) is 6.60. The molecule has 104 valence electrons. The highest BCUT2D eigenvalue weighted by molar-refractivity contribution is 5.84. The van der Waals surface area contributed by atoms with E-state index in [0.29, 0.717) is 11.3 Å². The Morgan fingerprint density at radius 2 is 2.00 bits per heavy atom. The van der Waals surface area contributed by atoms with Crippen molar-refractivity contribution in [1.82, 2.24) is 4.98 Å². The van der Waals surface area contributed by atoms with Crippen LogP contribution in [0.2, 0.25) is 0 Å². The van der Waals surface area contributed by atoms with E-state index in [1.807, 2.05) is 43.3 Å². The lowest BCUT2D eigenvalue weighted by Gasteiger charge is -2.12. The molecule has 0 aliphatic heterocycles. The van der Waals surface area contributed by atoms with E-state index in [0.717, 1.165) is 28.4 Å². The van der Waals surface area contributed by atoms with Gasteiger partial charge in [-0.15, -0.1) is 0 Å². The zero-order valence-electron chi connectivity index (χ0n) is 11.5. The fraction of sp³-hybridized carbons (Fsp3) is 0.0588. The topological polar surface area (TPSA) is 51.2 Å². The van der Waals surface area contributed by atoms with E-state index in [2.05, 4.69) is 10.5 Å². The average molecular weight is 278 g/mol. The summed E-state index contributed by atoms with van der Waals surface area (Å²) in [7, 11) is 0. The molecule has 4 nitrogen and oxygen atoms in total. The number of fused-ring (bicyclic) bond motifs is 1. The Hall–Kier alpha value is -2.88. The molecule has 21 heavy (non-hydrogen) atoms. The Morgan fingerprint density at radius 3 is 2.81 bits per heavy atom. The zero-order chi connectivity index (χ0) is 14.7. The predicted molar refractivity (Wildman–Crippen MR) is 82.6 cm³/mol. The summed E-state index contributed by atoms with van der Waals surface area (Å²) in [5, 5.41) is 1.02. The molecule has 3 rings (SSSR count). The van der Waals surface area contributed by atoms with Crippen molar-refractivity contribution in [2.45, 2.75) is 6.92 Å². The highest BCUT2D eigenvalue weighted by Gasteiger charge is 2.05. The molecule has 0 atom stereocenters. The molecule has 0 aliphatic carbocycles. The number of pyridine rings is 1. The van der Waals surface area contributed by atoms with Gasteiger partial charge < -0.3 is 4.84 Å². The monoisotopic (exact) mass is 278 g/mol. The normalized spacial score (nSPS) is 10.3. The van der Waals surface area contributed by atoms with Crippen LogP contribution in [0.15, 0.2) is 54.7 Å². The Kier molecular flexibility index (Phi) is 3.51. The van der Waals surface area contributed by atoms with Gasteiger partial charge in [0.1, 0.15) is 11.8 Å². The minimum atomic E-state index is 0.643. The van der Waals surface area contributed by atoms with E-state index in [9.17, 15) is 4.79 Å². The number of benzene rings is 2. The van der Waals surface area contributed by atoms with Crippen molar-refractivity contribution < 1.29 is 9.63 Å². The molecule has 0 radical (unpaired) electrons. The summed E-state index contributed by atoms with van der Waals surface area (Å²) >= 11 is 0. The predicted octanol–water partition coefficient (Wildman–Crippen LogP) is 3.76. The standard InChI is InChI=1S/C17H14N2O2/c1-12-10-13(11-20)7-8-15(12)19-21-16-6-2-4-14-5-3-9-18-17(14)16/h2-11,19H,1H3. The van der Waals surface area contributed by atoms with Crippen LogP contribution in [-0.2, 0) is 0 Å². The van der Waals surface area contributed by atoms with Gasteiger partial charge in [0.05, 0.1) is 5.69 Å². The molecular formula is C17H14N2O2. The Bertz CT molecular complexity index is 794. The number of carbonyl (C=O) groups excluding carboxylic acids is 1. The number of hydrogen-bond acceptors (Lipinski definition) is 4. The number of aryl methyl sites for hydroxylation is 1. The lowest BCUT2D eigenvalue weighted by molar-refractivity contribution is 0.112. The van der Waals surface area contributed by atoms with Gasteiger partial charge in [-0.05, 0) is 42.8 Å². The molecular weight excluding hydrogens is 264 g/mol. The Labute approximate surface area is 122 Å². The second kappa shape index (κ2) is 5.63. The molecule has 0 unspecified atom stereocenters. The summed E-state index contributed by atoms with van der Waals surface area (Å²) < 4.78 is 0. The van der Waals surface area contributed by atoms with Crippen LogP contribution >= 0.6 is 0 Å². The number of rotatable bonds is 4. The van der Waals surface area contributed by atoms with Crippen molar-refractivity contribution in [3.63, 3.8) is 0 Å². The van der Waals surface area contributed by atoms with Crippen molar-refractivity contribution in [3.8, 4) is 5.75 Å². The molecule has 4 heteroatoms. The Morgan fingerprint density at radius 1 is 1.14 bits per heavy atom. The second-order valence-electron chi connectivity index (χ2n) is 4.73. The molecule has 2 aromatic carbocycles. The van der Waals surface area contributed by atoms with Gasteiger partial charge in [-0.3, -0.25) is 9.78 Å². The van der Waals surface area contributed by atoms with Crippen LogP contribution in [0.4, 0.5) is 5.69 Å². The van der Waals surface area contributed by atoms with E-state index < -0.39 is 0 Å². The van der Waals surface area contributed by atoms with Gasteiger partial charge in [0, 0.05) is 17.1 Å². The van der Waals surface area contributed by atoms with Crippen LogP contribution in [0.5, 0.6) is 5.75 Å². The minimum Gasteiger partial charge on any atom is -0.380 e. The number of aldehydes is 1. The molecule has 0 fully saturated rings. The van der Waals surface area contributed by atoms with Gasteiger partial charge in [0.15, 0.2) is 5.75 Å². The fourth-order valence-electron chi connectivity index (χ4n) is 2.14. The second-order valence-corrected chi connectivity index (χ2v) is 4.73. The smallest absolute Gasteiger partial charge is 0.181 e. The minimum absolute atomic E-state index is 0.643. The molecule has 0 saturated carbocycles. The van der Waals surface area contributed by atoms with Crippen LogP contribution in [0, 0.1) is 6.92 Å². The number of anilines is 1. The number of aromatic nitrogens is 1. The first kappa shape index (κ1) is 13.1. The largest absolute Gasteiger partial charge is 0.380 e. The molecule has 3 aromatic rings. The molecule has 0 spiro atoms. The van der Waals surface area contributed by atoms with Crippen LogP contribution in [0.3, 0.4) is 0 Å². The third-order valence-corrected chi connectivity index (χ3v) is 3.25. The molecule has 0 amide bonds. The molecule has 1 heterocycles. The average Bonchev–Trinajstić information content (AvgIpc) is 2.53. The van der Waals surface area contributed by atoms with Gasteiger partial charge in [0.25, 0.3) is 0 Å². The molecule has 0 bridgehead atoms. The van der Waals surface area contributed by atoms with Crippen molar-refractivity contribution in [3.05, 3.63) is 65.9 Å². The van der Waals surface area contributed by atoms with Crippen molar-refractivity contribution in [2.24, 2.45) is 0 Å². The number of carbonyl (C=O) groups is 1. The van der Waals surface area contributed by atoms with Crippen molar-refractivity contribution in [2.75, 3.05) is 5.48 Å². The number of nitrogens with one attached hydrogen (secondary N) is 1. The lowest BCUT2D eigenvalue weighted by atomic mass is 10.1. The molecule has 1 aromatic heterocycles. The quantitative estimate of drug-likeness (QED) is 0.583. The third kappa shape index (κ3) is 2.69. The molecule has 0 saturated heterocycles. The van der Waals surface area contributed by atoms with E-state index in [4.69, 9.17) is 4.84 Å². The van der Waals surface area contributed by atoms with Crippen molar-refractivity contribution in [1.29, 1.82) is 0 Å². The van der Waals surface area contributed by atoms with E-state index in [-0.39, 0.29) is 0 Å². The van der Waals surface area contributed by atoms with Gasteiger partial charge in [-0.2, -0.15) is 0 Å². The van der Waals surface area contributed by atoms with Gasteiger partial charge in [0.2, 0.25) is 0 Å². The third-order valence-electron chi connectivity index (χ3n) is 3.25. The summed E-state index contributed by atoms with van der Waals surface area (Å²) in [5.41, 5.74) is 6.11. The van der Waals surface area contributed by atoms with Crippen molar-refractivity contribution >= 4 is 22.9 Å². The summed E-state index contributed by atoms with van der Waals surface area (Å²) in [5.74, 6) is 0.659. The van der Waals surface area contributed by atoms with Gasteiger partial charge in [-0.1, -0.05) is 18.2 Å². The highest BCUT2D eigenvalue weighted by Crippen LogP contribution is 2.24. The maximum atomic E-state index is 10.7. The van der Waals surface area contributed by atoms with Crippen LogP contribution in [0.1, 0.15) is 15.9 Å².